The lowest BCUT2D eigenvalue weighted by Gasteiger charge is -2.20. The molecule has 7 nitrogen and oxygen atoms in total. The van der Waals surface area contributed by atoms with E-state index in [0.29, 0.717) is 30.0 Å². The number of likely N-dealkylation sites (N-methyl/N-ethyl adjacent to an activating group) is 1. The van der Waals surface area contributed by atoms with Gasteiger partial charge in [0, 0.05) is 19.9 Å². The van der Waals surface area contributed by atoms with Crippen LogP contribution in [-0.2, 0) is 16.0 Å². The molecule has 2 aliphatic heterocycles. The second-order valence-corrected chi connectivity index (χ2v) is 6.75. The highest BCUT2D eigenvalue weighted by molar-refractivity contribution is 6.43. The highest BCUT2D eigenvalue weighted by Crippen LogP contribution is 2.29. The summed E-state index contributed by atoms with van der Waals surface area (Å²) in [5.41, 5.74) is 2.92. The molecule has 2 aliphatic rings. The van der Waals surface area contributed by atoms with Crippen molar-refractivity contribution in [2.75, 3.05) is 18.6 Å². The minimum absolute atomic E-state index is 0.0664. The number of nitrogens with one attached hydrogen (secondary N) is 1. The molecule has 2 amide bonds. The smallest absolute Gasteiger partial charge is 0.268 e. The molecule has 0 saturated carbocycles. The SMILES string of the molecule is CN1C(=O)[C@@H](NC(=O)C2=NN=C(Cc3ccccc3)C2)COc2ccccc21. The molecule has 0 fully saturated rings. The predicted octanol–water partition coefficient (Wildman–Crippen LogP) is 1.97. The zero-order valence-electron chi connectivity index (χ0n) is 15.5. The minimum Gasteiger partial charge on any atom is -0.489 e. The zero-order valence-corrected chi connectivity index (χ0v) is 15.5. The summed E-state index contributed by atoms with van der Waals surface area (Å²) < 4.78 is 5.72. The monoisotopic (exact) mass is 376 g/mol. The fourth-order valence-electron chi connectivity index (χ4n) is 3.25. The molecule has 0 bridgehead atoms. The van der Waals surface area contributed by atoms with Gasteiger partial charge in [-0.1, -0.05) is 42.5 Å². The molecule has 2 aromatic rings. The number of anilines is 1. The number of carbonyl (C=O) groups excluding carboxylic acids is 2. The Balaban J connectivity index is 1.38. The summed E-state index contributed by atoms with van der Waals surface area (Å²) in [4.78, 5) is 26.8. The Morgan fingerprint density at radius 1 is 1.14 bits per heavy atom. The fourth-order valence-corrected chi connectivity index (χ4v) is 3.25. The molecule has 0 aliphatic carbocycles. The van der Waals surface area contributed by atoms with Gasteiger partial charge in [0.15, 0.2) is 0 Å². The van der Waals surface area contributed by atoms with E-state index in [1.807, 2.05) is 48.5 Å². The van der Waals surface area contributed by atoms with Crippen molar-refractivity contribution in [2.24, 2.45) is 10.2 Å². The summed E-state index contributed by atoms with van der Waals surface area (Å²) in [6.45, 7) is 0.0664. The van der Waals surface area contributed by atoms with Crippen LogP contribution in [0.15, 0.2) is 64.8 Å². The molecule has 0 spiro atoms. The summed E-state index contributed by atoms with van der Waals surface area (Å²) in [5, 5.41) is 10.9. The van der Waals surface area contributed by atoms with E-state index in [2.05, 4.69) is 15.5 Å². The van der Waals surface area contributed by atoms with Gasteiger partial charge in [-0.05, 0) is 17.7 Å². The van der Waals surface area contributed by atoms with Gasteiger partial charge in [-0.2, -0.15) is 5.10 Å². The standard InChI is InChI=1S/C21H20N4O3/c1-25-18-9-5-6-10-19(18)28-13-17(21(25)27)22-20(26)16-12-15(23-24-16)11-14-7-3-2-4-8-14/h2-10,17H,11-13H2,1H3,(H,22,26)/t17-/m0/s1. The summed E-state index contributed by atoms with van der Waals surface area (Å²) >= 11 is 0. The molecule has 2 aromatic carbocycles. The summed E-state index contributed by atoms with van der Waals surface area (Å²) in [6, 6.07) is 16.4. The molecule has 0 radical (unpaired) electrons. The van der Waals surface area contributed by atoms with Gasteiger partial charge in [0.2, 0.25) is 0 Å². The Hall–Kier alpha value is -3.48. The number of amides is 2. The maximum Gasteiger partial charge on any atom is 0.268 e. The normalized spacial score (nSPS) is 18.5. The largest absolute Gasteiger partial charge is 0.489 e. The van der Waals surface area contributed by atoms with Gasteiger partial charge in [0.05, 0.1) is 11.4 Å². The average Bonchev–Trinajstić information content (AvgIpc) is 3.15. The number of benzene rings is 2. The molecule has 28 heavy (non-hydrogen) atoms. The number of para-hydroxylation sites is 2. The zero-order chi connectivity index (χ0) is 19.5. The molecule has 7 heteroatoms. The first-order valence-corrected chi connectivity index (χ1v) is 9.08. The van der Waals surface area contributed by atoms with Crippen molar-refractivity contribution in [3.63, 3.8) is 0 Å². The van der Waals surface area contributed by atoms with Gasteiger partial charge in [-0.25, -0.2) is 0 Å². The van der Waals surface area contributed by atoms with Crippen LogP contribution in [0.4, 0.5) is 5.69 Å². The van der Waals surface area contributed by atoms with Crippen LogP contribution in [0.2, 0.25) is 0 Å². The Labute approximate surface area is 162 Å². The van der Waals surface area contributed by atoms with Crippen LogP contribution in [0, 0.1) is 0 Å². The van der Waals surface area contributed by atoms with Gasteiger partial charge >= 0.3 is 0 Å². The van der Waals surface area contributed by atoms with Crippen molar-refractivity contribution in [1.82, 2.24) is 5.32 Å². The van der Waals surface area contributed by atoms with E-state index in [1.54, 1.807) is 13.1 Å². The van der Waals surface area contributed by atoms with Crippen molar-refractivity contribution in [3.05, 3.63) is 60.2 Å². The number of nitrogens with zero attached hydrogens (tertiary/aromatic N) is 3. The highest BCUT2D eigenvalue weighted by atomic mass is 16.5. The fraction of sp³-hybridized carbons (Fsp3) is 0.238. The van der Waals surface area contributed by atoms with Crippen LogP contribution in [0.1, 0.15) is 12.0 Å². The third-order valence-electron chi connectivity index (χ3n) is 4.76. The molecule has 0 aromatic heterocycles. The molecule has 0 unspecified atom stereocenters. The van der Waals surface area contributed by atoms with E-state index in [0.717, 1.165) is 11.3 Å². The van der Waals surface area contributed by atoms with Crippen molar-refractivity contribution >= 4 is 28.9 Å². The predicted molar refractivity (Wildman–Crippen MR) is 107 cm³/mol. The van der Waals surface area contributed by atoms with Crippen LogP contribution < -0.4 is 15.0 Å². The van der Waals surface area contributed by atoms with Gasteiger partial charge < -0.3 is 15.0 Å². The minimum atomic E-state index is -0.786. The molecule has 0 saturated heterocycles. The van der Waals surface area contributed by atoms with Crippen LogP contribution >= 0.6 is 0 Å². The lowest BCUT2D eigenvalue weighted by atomic mass is 10.0. The highest BCUT2D eigenvalue weighted by Gasteiger charge is 2.32. The summed E-state index contributed by atoms with van der Waals surface area (Å²) in [6.07, 6.45) is 1.02. The molecule has 1 N–H and O–H groups in total. The summed E-state index contributed by atoms with van der Waals surface area (Å²) in [5.74, 6) is -0.0165. The molecular formula is C21H20N4O3. The maximum absolute atomic E-state index is 12.7. The van der Waals surface area contributed by atoms with Crippen molar-refractivity contribution in [3.8, 4) is 5.75 Å². The number of hydrogen-bond donors (Lipinski definition) is 1. The van der Waals surface area contributed by atoms with Crippen molar-refractivity contribution in [1.29, 1.82) is 0 Å². The van der Waals surface area contributed by atoms with Crippen LogP contribution in [0.5, 0.6) is 5.75 Å². The Morgan fingerprint density at radius 3 is 2.71 bits per heavy atom. The Bertz CT molecular complexity index is 969. The molecule has 142 valence electrons. The molecule has 2 heterocycles. The first kappa shape index (κ1) is 17.9. The second-order valence-electron chi connectivity index (χ2n) is 6.75. The maximum atomic E-state index is 12.7. The number of carbonyl (C=O) groups is 2. The Kier molecular flexibility index (Phi) is 4.89. The van der Waals surface area contributed by atoms with Gasteiger partial charge in [0.1, 0.15) is 24.1 Å². The van der Waals surface area contributed by atoms with E-state index >= 15 is 0 Å². The van der Waals surface area contributed by atoms with E-state index in [1.165, 1.54) is 4.90 Å². The quantitative estimate of drug-likeness (QED) is 0.886. The lowest BCUT2D eigenvalue weighted by molar-refractivity contribution is -0.124. The molecule has 4 rings (SSSR count). The second kappa shape index (κ2) is 7.64. The number of rotatable bonds is 4. The number of fused-ring (bicyclic) bond motifs is 1. The summed E-state index contributed by atoms with van der Waals surface area (Å²) in [7, 11) is 1.67. The molecule has 1 atom stereocenters. The Morgan fingerprint density at radius 2 is 1.89 bits per heavy atom. The van der Waals surface area contributed by atoms with Gasteiger partial charge in [-0.15, -0.1) is 5.10 Å². The molecular weight excluding hydrogens is 356 g/mol. The van der Waals surface area contributed by atoms with Crippen LogP contribution in [-0.4, -0.2) is 42.9 Å². The third kappa shape index (κ3) is 3.64. The van der Waals surface area contributed by atoms with E-state index < -0.39 is 11.9 Å². The average molecular weight is 376 g/mol. The number of hydrogen-bond acceptors (Lipinski definition) is 5. The van der Waals surface area contributed by atoms with Crippen molar-refractivity contribution in [2.45, 2.75) is 18.9 Å². The lowest BCUT2D eigenvalue weighted by Crippen LogP contribution is -2.51. The van der Waals surface area contributed by atoms with Gasteiger partial charge in [-0.3, -0.25) is 9.59 Å². The van der Waals surface area contributed by atoms with Crippen LogP contribution in [0.3, 0.4) is 0 Å². The van der Waals surface area contributed by atoms with E-state index in [4.69, 9.17) is 4.74 Å². The van der Waals surface area contributed by atoms with E-state index in [-0.39, 0.29) is 12.5 Å². The topological polar surface area (TPSA) is 83.4 Å². The first-order chi connectivity index (χ1) is 13.6. The van der Waals surface area contributed by atoms with Crippen LogP contribution in [0.25, 0.3) is 0 Å². The third-order valence-corrected chi connectivity index (χ3v) is 4.76. The number of ether oxygens (including phenoxy) is 1. The van der Waals surface area contributed by atoms with Gasteiger partial charge in [0.25, 0.3) is 11.8 Å². The van der Waals surface area contributed by atoms with E-state index in [9.17, 15) is 9.59 Å². The van der Waals surface area contributed by atoms with Crippen molar-refractivity contribution < 1.29 is 14.3 Å². The first-order valence-electron chi connectivity index (χ1n) is 9.08.